The Bertz CT molecular complexity index is 1020. The molecule has 1 atom stereocenters. The second-order valence-electron chi connectivity index (χ2n) is 7.95. The van der Waals surface area contributed by atoms with E-state index < -0.39 is 10.0 Å². The van der Waals surface area contributed by atoms with Crippen molar-refractivity contribution in [3.05, 3.63) is 65.7 Å². The third kappa shape index (κ3) is 5.50. The van der Waals surface area contributed by atoms with Crippen LogP contribution in [0.5, 0.6) is 0 Å². The van der Waals surface area contributed by atoms with E-state index >= 15 is 0 Å². The van der Waals surface area contributed by atoms with Crippen molar-refractivity contribution in [1.82, 2.24) is 14.5 Å². The number of benzene rings is 2. The maximum atomic E-state index is 12.8. The van der Waals surface area contributed by atoms with Crippen molar-refractivity contribution in [1.29, 1.82) is 5.26 Å². The van der Waals surface area contributed by atoms with E-state index in [1.165, 1.54) is 28.6 Å². The fourth-order valence-electron chi connectivity index (χ4n) is 3.82. The van der Waals surface area contributed by atoms with E-state index in [4.69, 9.17) is 5.26 Å². The van der Waals surface area contributed by atoms with Gasteiger partial charge in [-0.25, -0.2) is 8.42 Å². The predicted molar refractivity (Wildman–Crippen MR) is 119 cm³/mol. The molecule has 0 bridgehead atoms. The summed E-state index contributed by atoms with van der Waals surface area (Å²) >= 11 is 0. The largest absolute Gasteiger partial charge is 0.354 e. The third-order valence-electron chi connectivity index (χ3n) is 5.72. The first kappa shape index (κ1) is 22.9. The monoisotopic (exact) mass is 440 g/mol. The summed E-state index contributed by atoms with van der Waals surface area (Å²) in [5.74, 6) is -0.232. The molecule has 1 heterocycles. The Morgan fingerprint density at radius 2 is 1.74 bits per heavy atom. The average Bonchev–Trinajstić information content (AvgIpc) is 2.79. The molecule has 0 saturated carbocycles. The molecule has 1 aliphatic rings. The van der Waals surface area contributed by atoms with E-state index in [0.29, 0.717) is 38.0 Å². The lowest BCUT2D eigenvalue weighted by Gasteiger charge is -2.31. The zero-order valence-corrected chi connectivity index (χ0v) is 18.7. The first-order chi connectivity index (χ1) is 14.8. The van der Waals surface area contributed by atoms with Crippen molar-refractivity contribution in [2.75, 3.05) is 33.7 Å². The van der Waals surface area contributed by atoms with Gasteiger partial charge in [-0.15, -0.1) is 0 Å². The van der Waals surface area contributed by atoms with Gasteiger partial charge in [-0.1, -0.05) is 30.3 Å². The molecular weight excluding hydrogens is 412 g/mol. The Morgan fingerprint density at radius 3 is 2.29 bits per heavy atom. The first-order valence-corrected chi connectivity index (χ1v) is 11.8. The molecule has 0 aliphatic carbocycles. The molecule has 0 spiro atoms. The van der Waals surface area contributed by atoms with Crippen LogP contribution in [0.25, 0.3) is 0 Å². The van der Waals surface area contributed by atoms with Gasteiger partial charge in [-0.05, 0) is 56.8 Å². The minimum Gasteiger partial charge on any atom is -0.354 e. The molecule has 8 heteroatoms. The number of carbonyl (C=O) groups excluding carboxylic acids is 1. The summed E-state index contributed by atoms with van der Waals surface area (Å²) in [6.45, 7) is 1.10. The number of hydrogen-bond donors (Lipinski definition) is 1. The number of hydrogen-bond acceptors (Lipinski definition) is 5. The van der Waals surface area contributed by atoms with Crippen LogP contribution in [0, 0.1) is 17.2 Å². The lowest BCUT2D eigenvalue weighted by molar-refractivity contribution is -0.126. The maximum Gasteiger partial charge on any atom is 0.243 e. The van der Waals surface area contributed by atoms with E-state index in [0.717, 1.165) is 5.56 Å². The van der Waals surface area contributed by atoms with Crippen molar-refractivity contribution in [3.63, 3.8) is 0 Å². The van der Waals surface area contributed by atoms with Crippen LogP contribution >= 0.6 is 0 Å². The quantitative estimate of drug-likeness (QED) is 0.714. The second-order valence-corrected chi connectivity index (χ2v) is 9.89. The van der Waals surface area contributed by atoms with Crippen molar-refractivity contribution < 1.29 is 13.2 Å². The van der Waals surface area contributed by atoms with E-state index in [2.05, 4.69) is 10.2 Å². The maximum absolute atomic E-state index is 12.8. The number of sulfonamides is 1. The number of amides is 1. The molecule has 1 aliphatic heterocycles. The van der Waals surface area contributed by atoms with E-state index in [-0.39, 0.29) is 22.8 Å². The van der Waals surface area contributed by atoms with Crippen LogP contribution in [0.3, 0.4) is 0 Å². The van der Waals surface area contributed by atoms with E-state index in [1.807, 2.05) is 50.5 Å². The van der Waals surface area contributed by atoms with Crippen LogP contribution in [0.2, 0.25) is 0 Å². The molecule has 0 aromatic heterocycles. The Balaban J connectivity index is 1.56. The fraction of sp³-hybridized carbons (Fsp3) is 0.391. The molecule has 2 aromatic carbocycles. The highest BCUT2D eigenvalue weighted by Crippen LogP contribution is 2.25. The van der Waals surface area contributed by atoms with Gasteiger partial charge in [0.2, 0.25) is 15.9 Å². The van der Waals surface area contributed by atoms with Gasteiger partial charge in [0.15, 0.2) is 0 Å². The van der Waals surface area contributed by atoms with E-state index in [9.17, 15) is 13.2 Å². The lowest BCUT2D eigenvalue weighted by atomic mass is 9.97. The first-order valence-electron chi connectivity index (χ1n) is 10.3. The lowest BCUT2D eigenvalue weighted by Crippen LogP contribution is -2.44. The highest BCUT2D eigenvalue weighted by molar-refractivity contribution is 7.89. The Labute approximate surface area is 184 Å². The molecule has 1 unspecified atom stereocenters. The van der Waals surface area contributed by atoms with Gasteiger partial charge in [-0.3, -0.25) is 4.79 Å². The van der Waals surface area contributed by atoms with Crippen LogP contribution in [-0.4, -0.2) is 57.3 Å². The van der Waals surface area contributed by atoms with Gasteiger partial charge in [0.1, 0.15) is 0 Å². The fourth-order valence-corrected chi connectivity index (χ4v) is 5.29. The molecule has 3 rings (SSSR count). The normalized spacial score (nSPS) is 16.6. The summed E-state index contributed by atoms with van der Waals surface area (Å²) in [4.78, 5) is 15.0. The van der Waals surface area contributed by atoms with E-state index in [1.54, 1.807) is 0 Å². The number of nitrogens with one attached hydrogen (secondary N) is 1. The van der Waals surface area contributed by atoms with Gasteiger partial charge in [-0.2, -0.15) is 9.57 Å². The highest BCUT2D eigenvalue weighted by Gasteiger charge is 2.32. The zero-order chi connectivity index (χ0) is 22.4. The molecule has 0 radical (unpaired) electrons. The third-order valence-corrected chi connectivity index (χ3v) is 7.64. The topological polar surface area (TPSA) is 93.5 Å². The second kappa shape index (κ2) is 10.1. The average molecular weight is 441 g/mol. The summed E-state index contributed by atoms with van der Waals surface area (Å²) in [6, 6.07) is 18.0. The minimum absolute atomic E-state index is 0.0294. The van der Waals surface area contributed by atoms with Crippen LogP contribution in [0.15, 0.2) is 59.5 Å². The Kier molecular flexibility index (Phi) is 7.44. The van der Waals surface area contributed by atoms with Crippen LogP contribution in [0.1, 0.15) is 30.0 Å². The van der Waals surface area contributed by atoms with Crippen molar-refractivity contribution in [2.45, 2.75) is 23.8 Å². The number of piperidine rings is 1. The Hall–Kier alpha value is -2.73. The van der Waals surface area contributed by atoms with Crippen molar-refractivity contribution in [3.8, 4) is 6.07 Å². The number of rotatable bonds is 7. The molecule has 7 nitrogen and oxygen atoms in total. The number of likely N-dealkylation sites (N-methyl/N-ethyl adjacent to an activating group) is 1. The molecule has 164 valence electrons. The molecule has 31 heavy (non-hydrogen) atoms. The minimum atomic E-state index is -3.62. The summed E-state index contributed by atoms with van der Waals surface area (Å²) in [6.07, 6.45) is 0.971. The van der Waals surface area contributed by atoms with Gasteiger partial charge >= 0.3 is 0 Å². The standard InChI is InChI=1S/C23H28N4O3S/c1-26(2)22(19-6-4-3-5-7-19)17-25-23(28)20-12-14-27(15-13-20)31(29,30)21-10-8-18(16-24)9-11-21/h3-11,20,22H,12-15,17H2,1-2H3,(H,25,28). The van der Waals surface area contributed by atoms with Gasteiger partial charge in [0, 0.05) is 25.6 Å². The van der Waals surface area contributed by atoms with Crippen LogP contribution in [-0.2, 0) is 14.8 Å². The summed E-state index contributed by atoms with van der Waals surface area (Å²) in [5.41, 5.74) is 1.55. The van der Waals surface area contributed by atoms with Crippen molar-refractivity contribution >= 4 is 15.9 Å². The number of carbonyl (C=O) groups is 1. The molecule has 1 fully saturated rings. The SMILES string of the molecule is CN(C)C(CNC(=O)C1CCN(S(=O)(=O)c2ccc(C#N)cc2)CC1)c1ccccc1. The Morgan fingerprint density at radius 1 is 1.13 bits per heavy atom. The molecule has 2 aromatic rings. The molecular formula is C23H28N4O3S. The van der Waals surface area contributed by atoms with Gasteiger partial charge in [0.05, 0.1) is 22.6 Å². The molecule has 1 saturated heterocycles. The molecule has 1 N–H and O–H groups in total. The highest BCUT2D eigenvalue weighted by atomic mass is 32.2. The van der Waals surface area contributed by atoms with Crippen LogP contribution in [0.4, 0.5) is 0 Å². The molecule has 1 amide bonds. The van der Waals surface area contributed by atoms with Crippen molar-refractivity contribution in [2.24, 2.45) is 5.92 Å². The van der Waals surface area contributed by atoms with Crippen LogP contribution < -0.4 is 5.32 Å². The smallest absolute Gasteiger partial charge is 0.243 e. The van der Waals surface area contributed by atoms with Gasteiger partial charge in [0.25, 0.3) is 0 Å². The zero-order valence-electron chi connectivity index (χ0n) is 17.9. The number of nitrogens with zero attached hydrogens (tertiary/aromatic N) is 3. The predicted octanol–water partition coefficient (Wildman–Crippen LogP) is 2.38. The summed E-state index contributed by atoms with van der Waals surface area (Å²) in [7, 11) is 0.341. The summed E-state index contributed by atoms with van der Waals surface area (Å²) < 4.78 is 27.1. The number of nitriles is 1. The van der Waals surface area contributed by atoms with Gasteiger partial charge < -0.3 is 10.2 Å². The summed E-state index contributed by atoms with van der Waals surface area (Å²) in [5, 5.41) is 11.9.